The molecule has 11 heavy (non-hydrogen) atoms. The second-order valence-electron chi connectivity index (χ2n) is 2.89. The Kier molecular flexibility index (Phi) is 3.86. The molecule has 0 aromatic carbocycles. The van der Waals surface area contributed by atoms with Crippen LogP contribution in [0.25, 0.3) is 0 Å². The lowest BCUT2D eigenvalue weighted by atomic mass is 10.0. The van der Waals surface area contributed by atoms with Crippen LogP contribution in [0.4, 0.5) is 4.39 Å². The molecule has 0 saturated carbocycles. The fourth-order valence-electron chi connectivity index (χ4n) is 0.655. The summed E-state index contributed by atoms with van der Waals surface area (Å²) in [6.45, 7) is 7.47. The van der Waals surface area contributed by atoms with Gasteiger partial charge in [0.15, 0.2) is 0 Å². The molecule has 0 atom stereocenters. The van der Waals surface area contributed by atoms with Crippen molar-refractivity contribution in [1.29, 1.82) is 0 Å². The first-order valence-corrected chi connectivity index (χ1v) is 3.79. The number of halogens is 1. The zero-order valence-electron chi connectivity index (χ0n) is 7.61. The Morgan fingerprint density at radius 3 is 2.18 bits per heavy atom. The van der Waals surface area contributed by atoms with Crippen LogP contribution in [0.2, 0.25) is 0 Å². The Labute approximate surface area is 67.8 Å². The maximum absolute atomic E-state index is 12.8. The van der Waals surface area contributed by atoms with Gasteiger partial charge in [0, 0.05) is 0 Å². The third-order valence-corrected chi connectivity index (χ3v) is 1.80. The molecule has 0 aromatic rings. The average Bonchev–Trinajstić information content (AvgIpc) is 2.00. The Hall–Kier alpha value is -0.790. The maximum atomic E-state index is 12.8. The Bertz CT molecular complexity index is 190. The smallest absolute Gasteiger partial charge is 0.141 e. The first-order chi connectivity index (χ1) is 5.00. The quantitative estimate of drug-likeness (QED) is 0.613. The van der Waals surface area contributed by atoms with Crippen molar-refractivity contribution in [2.24, 2.45) is 11.7 Å². The Balaban J connectivity index is 4.67. The summed E-state index contributed by atoms with van der Waals surface area (Å²) in [7, 11) is 0. The Morgan fingerprint density at radius 2 is 1.91 bits per heavy atom. The fraction of sp³-hybridized carbons (Fsp3) is 0.556. The highest BCUT2D eigenvalue weighted by atomic mass is 19.1. The van der Waals surface area contributed by atoms with Crippen molar-refractivity contribution in [1.82, 2.24) is 0 Å². The van der Waals surface area contributed by atoms with Gasteiger partial charge >= 0.3 is 0 Å². The summed E-state index contributed by atoms with van der Waals surface area (Å²) in [4.78, 5) is 0. The van der Waals surface area contributed by atoms with Gasteiger partial charge in [0.05, 0.1) is 5.70 Å². The normalized spacial score (nSPS) is 15.3. The molecule has 0 amide bonds. The zero-order chi connectivity index (χ0) is 9.02. The summed E-state index contributed by atoms with van der Waals surface area (Å²) >= 11 is 0. The minimum Gasteiger partial charge on any atom is -0.396 e. The molecule has 2 N–H and O–H groups in total. The van der Waals surface area contributed by atoms with E-state index >= 15 is 0 Å². The lowest BCUT2D eigenvalue weighted by Crippen LogP contribution is -2.05. The highest BCUT2D eigenvalue weighted by Gasteiger charge is 2.05. The predicted octanol–water partition coefficient (Wildman–Crippen LogP) is 2.75. The third-order valence-electron chi connectivity index (χ3n) is 1.80. The zero-order valence-corrected chi connectivity index (χ0v) is 7.61. The van der Waals surface area contributed by atoms with Crippen LogP contribution < -0.4 is 5.73 Å². The van der Waals surface area contributed by atoms with E-state index in [0.29, 0.717) is 5.92 Å². The van der Waals surface area contributed by atoms with E-state index in [1.54, 1.807) is 6.92 Å². The minimum atomic E-state index is -0.323. The topological polar surface area (TPSA) is 26.0 Å². The number of hydrogen-bond acceptors (Lipinski definition) is 1. The molecule has 0 radical (unpaired) electrons. The van der Waals surface area contributed by atoms with Crippen LogP contribution in [0.5, 0.6) is 0 Å². The van der Waals surface area contributed by atoms with Gasteiger partial charge < -0.3 is 5.73 Å². The molecule has 0 spiro atoms. The largest absolute Gasteiger partial charge is 0.396 e. The van der Waals surface area contributed by atoms with E-state index < -0.39 is 0 Å². The molecule has 0 bridgehead atoms. The van der Waals surface area contributed by atoms with Crippen molar-refractivity contribution < 1.29 is 4.39 Å². The molecule has 0 rings (SSSR count). The van der Waals surface area contributed by atoms with Gasteiger partial charge in [-0.3, -0.25) is 0 Å². The molecule has 0 saturated heterocycles. The second kappa shape index (κ2) is 4.16. The van der Waals surface area contributed by atoms with Crippen LogP contribution in [0.1, 0.15) is 27.7 Å². The van der Waals surface area contributed by atoms with E-state index in [4.69, 9.17) is 5.73 Å². The van der Waals surface area contributed by atoms with Crippen LogP contribution in [-0.4, -0.2) is 0 Å². The van der Waals surface area contributed by atoms with Crippen molar-refractivity contribution in [3.8, 4) is 0 Å². The van der Waals surface area contributed by atoms with Crippen molar-refractivity contribution in [2.45, 2.75) is 27.7 Å². The fourth-order valence-corrected chi connectivity index (χ4v) is 0.655. The van der Waals surface area contributed by atoms with Crippen LogP contribution in [0.15, 0.2) is 23.2 Å². The molecular weight excluding hydrogens is 141 g/mol. The minimum absolute atomic E-state index is 0.280. The number of rotatable bonds is 2. The molecule has 0 aliphatic rings. The van der Waals surface area contributed by atoms with Gasteiger partial charge in [-0.1, -0.05) is 13.8 Å². The van der Waals surface area contributed by atoms with E-state index in [1.807, 2.05) is 20.8 Å². The first kappa shape index (κ1) is 10.2. The summed E-state index contributed by atoms with van der Waals surface area (Å²) in [6, 6.07) is 0. The molecule has 0 unspecified atom stereocenters. The summed E-state index contributed by atoms with van der Waals surface area (Å²) in [5.74, 6) is -0.0168. The van der Waals surface area contributed by atoms with Crippen LogP contribution in [-0.2, 0) is 0 Å². The monoisotopic (exact) mass is 157 g/mol. The van der Waals surface area contributed by atoms with Crippen molar-refractivity contribution >= 4 is 0 Å². The van der Waals surface area contributed by atoms with E-state index in [0.717, 1.165) is 5.57 Å². The van der Waals surface area contributed by atoms with Crippen molar-refractivity contribution in [2.75, 3.05) is 0 Å². The standard InChI is InChI=1S/C9H16FN/c1-5-8(10)9(11)7(4)6(2)3/h5-6H,11H2,1-4H3/b8-5+,9-7+. The van der Waals surface area contributed by atoms with Gasteiger partial charge in [-0.05, 0) is 31.4 Å². The molecule has 0 aliphatic heterocycles. The lowest BCUT2D eigenvalue weighted by molar-refractivity contribution is 0.632. The van der Waals surface area contributed by atoms with Gasteiger partial charge in [0.1, 0.15) is 5.83 Å². The third kappa shape index (κ3) is 2.74. The molecule has 0 aromatic heterocycles. The second-order valence-corrected chi connectivity index (χ2v) is 2.89. The molecule has 0 aliphatic carbocycles. The van der Waals surface area contributed by atoms with Gasteiger partial charge in [0.25, 0.3) is 0 Å². The van der Waals surface area contributed by atoms with Gasteiger partial charge in [-0.2, -0.15) is 0 Å². The SMILES string of the molecule is C/C=C(F)\C(N)=C(\C)C(C)C. The summed E-state index contributed by atoms with van der Waals surface area (Å²) < 4.78 is 12.8. The van der Waals surface area contributed by atoms with Crippen LogP contribution in [0, 0.1) is 5.92 Å². The van der Waals surface area contributed by atoms with E-state index in [-0.39, 0.29) is 11.5 Å². The molecular formula is C9H16FN. The summed E-state index contributed by atoms with van der Waals surface area (Å²) in [5.41, 5.74) is 6.69. The molecule has 0 fully saturated rings. The highest BCUT2D eigenvalue weighted by Crippen LogP contribution is 2.16. The van der Waals surface area contributed by atoms with Crippen LogP contribution in [0.3, 0.4) is 0 Å². The van der Waals surface area contributed by atoms with E-state index in [1.165, 1.54) is 6.08 Å². The molecule has 0 heterocycles. The Morgan fingerprint density at radius 1 is 1.45 bits per heavy atom. The van der Waals surface area contributed by atoms with Gasteiger partial charge in [0.2, 0.25) is 0 Å². The number of hydrogen-bond donors (Lipinski definition) is 1. The van der Waals surface area contributed by atoms with Crippen LogP contribution >= 0.6 is 0 Å². The summed E-state index contributed by atoms with van der Waals surface area (Å²) in [6.07, 6.45) is 1.38. The number of allylic oxidation sites excluding steroid dienone is 3. The molecule has 64 valence electrons. The lowest BCUT2D eigenvalue weighted by Gasteiger charge is -2.08. The van der Waals surface area contributed by atoms with Crippen molar-refractivity contribution in [3.05, 3.63) is 23.2 Å². The van der Waals surface area contributed by atoms with E-state index in [9.17, 15) is 4.39 Å². The van der Waals surface area contributed by atoms with Gasteiger partial charge in [-0.15, -0.1) is 0 Å². The van der Waals surface area contributed by atoms with E-state index in [2.05, 4.69) is 0 Å². The van der Waals surface area contributed by atoms with Crippen molar-refractivity contribution in [3.63, 3.8) is 0 Å². The van der Waals surface area contributed by atoms with Gasteiger partial charge in [-0.25, -0.2) is 4.39 Å². The molecule has 2 heteroatoms. The predicted molar refractivity (Wildman–Crippen MR) is 46.6 cm³/mol. The first-order valence-electron chi connectivity index (χ1n) is 3.79. The molecule has 1 nitrogen and oxygen atoms in total. The average molecular weight is 157 g/mol. The highest BCUT2D eigenvalue weighted by molar-refractivity contribution is 5.27. The summed E-state index contributed by atoms with van der Waals surface area (Å²) in [5, 5.41) is 0. The maximum Gasteiger partial charge on any atom is 0.141 e. The number of nitrogens with two attached hydrogens (primary N) is 1.